The summed E-state index contributed by atoms with van der Waals surface area (Å²) in [7, 11) is 1.64. The number of hydrogen-bond acceptors (Lipinski definition) is 4. The van der Waals surface area contributed by atoms with Crippen molar-refractivity contribution in [2.45, 2.75) is 6.42 Å². The third-order valence-electron chi connectivity index (χ3n) is 4.22. The summed E-state index contributed by atoms with van der Waals surface area (Å²) in [5.41, 5.74) is 5.13. The number of carbonyl (C=O) groups excluding carboxylic acids is 1. The maximum absolute atomic E-state index is 12.3. The van der Waals surface area contributed by atoms with Gasteiger partial charge in [0.05, 0.1) is 22.6 Å². The van der Waals surface area contributed by atoms with E-state index >= 15 is 0 Å². The molecule has 0 aliphatic carbocycles. The van der Waals surface area contributed by atoms with E-state index in [2.05, 4.69) is 25.6 Å². The Balaban J connectivity index is 1.88. The van der Waals surface area contributed by atoms with Gasteiger partial charge in [0.15, 0.2) is 0 Å². The number of amides is 1. The van der Waals surface area contributed by atoms with Crippen LogP contribution < -0.4 is 10.6 Å². The van der Waals surface area contributed by atoms with Crippen LogP contribution >= 0.6 is 0 Å². The van der Waals surface area contributed by atoms with E-state index in [1.54, 1.807) is 13.4 Å². The van der Waals surface area contributed by atoms with Crippen LogP contribution in [0.5, 0.6) is 0 Å². The minimum Gasteiger partial charge on any atom is -0.369 e. The van der Waals surface area contributed by atoms with Crippen LogP contribution in [0.1, 0.15) is 15.9 Å². The molecular formula is C18H17N5O. The molecule has 3 N–H and O–H groups in total. The minimum atomic E-state index is -0.125. The smallest absolute Gasteiger partial charge is 0.253 e. The summed E-state index contributed by atoms with van der Waals surface area (Å²) in [5, 5.41) is 5.96. The molecule has 4 rings (SSSR count). The van der Waals surface area contributed by atoms with Crippen molar-refractivity contribution in [2.24, 2.45) is 0 Å². The molecule has 0 atom stereocenters. The molecule has 1 aliphatic rings. The topological polar surface area (TPSA) is 82.7 Å². The first-order valence-electron chi connectivity index (χ1n) is 7.86. The van der Waals surface area contributed by atoms with Crippen molar-refractivity contribution in [3.63, 3.8) is 0 Å². The van der Waals surface area contributed by atoms with Gasteiger partial charge < -0.3 is 15.6 Å². The molecule has 6 nitrogen and oxygen atoms in total. The Kier molecular flexibility index (Phi) is 3.49. The normalized spacial score (nSPS) is 12.5. The van der Waals surface area contributed by atoms with Crippen LogP contribution in [0.4, 0.5) is 5.82 Å². The maximum Gasteiger partial charge on any atom is 0.253 e. The first-order chi connectivity index (χ1) is 11.8. The number of rotatable bonds is 3. The molecule has 0 bridgehead atoms. The summed E-state index contributed by atoms with van der Waals surface area (Å²) in [6.07, 6.45) is 2.43. The molecule has 0 radical (unpaired) electrons. The molecular weight excluding hydrogens is 302 g/mol. The quantitative estimate of drug-likeness (QED) is 0.692. The monoisotopic (exact) mass is 319 g/mol. The molecule has 1 aliphatic heterocycles. The van der Waals surface area contributed by atoms with Crippen LogP contribution in [0.15, 0.2) is 42.7 Å². The zero-order valence-electron chi connectivity index (χ0n) is 13.3. The van der Waals surface area contributed by atoms with E-state index in [-0.39, 0.29) is 5.91 Å². The van der Waals surface area contributed by atoms with Crippen LogP contribution in [0.2, 0.25) is 0 Å². The molecule has 1 aromatic carbocycles. The predicted octanol–water partition coefficient (Wildman–Crippen LogP) is 2.47. The van der Waals surface area contributed by atoms with Crippen LogP contribution in [-0.4, -0.2) is 34.5 Å². The fourth-order valence-electron chi connectivity index (χ4n) is 3.07. The number of aromatic amines is 1. The van der Waals surface area contributed by atoms with Gasteiger partial charge in [-0.05, 0) is 18.1 Å². The van der Waals surface area contributed by atoms with E-state index in [1.165, 1.54) is 0 Å². The lowest BCUT2D eigenvalue weighted by Gasteiger charge is -2.04. The van der Waals surface area contributed by atoms with Crippen molar-refractivity contribution in [3.05, 3.63) is 53.9 Å². The van der Waals surface area contributed by atoms with Gasteiger partial charge in [-0.3, -0.25) is 4.79 Å². The van der Waals surface area contributed by atoms with Crippen LogP contribution in [0, 0.1) is 0 Å². The standard InChI is InChI=1S/C18H17N5O/c1-19-18(24)13-9-14(23-15(13)11-5-3-2-4-6-11)16-12-7-8-20-17(12)22-10-21-16/h2-6,9-10,23H,7-8H2,1H3,(H,19,24)(H,20,21,22). The summed E-state index contributed by atoms with van der Waals surface area (Å²) in [6.45, 7) is 0.857. The van der Waals surface area contributed by atoms with Crippen LogP contribution in [-0.2, 0) is 6.42 Å². The molecule has 1 amide bonds. The largest absolute Gasteiger partial charge is 0.369 e. The average Bonchev–Trinajstić information content (AvgIpc) is 3.28. The summed E-state index contributed by atoms with van der Waals surface area (Å²) in [4.78, 5) is 24.4. The first kappa shape index (κ1) is 14.4. The zero-order chi connectivity index (χ0) is 16.5. The Labute approximate surface area is 139 Å². The molecule has 120 valence electrons. The maximum atomic E-state index is 12.3. The van der Waals surface area contributed by atoms with Gasteiger partial charge in [0.1, 0.15) is 12.1 Å². The highest BCUT2D eigenvalue weighted by molar-refractivity contribution is 6.01. The summed E-state index contributed by atoms with van der Waals surface area (Å²) >= 11 is 0. The molecule has 0 unspecified atom stereocenters. The highest BCUT2D eigenvalue weighted by Gasteiger charge is 2.22. The lowest BCUT2D eigenvalue weighted by molar-refractivity contribution is 0.0964. The van der Waals surface area contributed by atoms with E-state index in [4.69, 9.17) is 0 Å². The second kappa shape index (κ2) is 5.81. The molecule has 3 aromatic rings. The zero-order valence-corrected chi connectivity index (χ0v) is 13.3. The second-order valence-corrected chi connectivity index (χ2v) is 5.64. The van der Waals surface area contributed by atoms with Gasteiger partial charge in [-0.2, -0.15) is 0 Å². The van der Waals surface area contributed by atoms with Gasteiger partial charge in [-0.15, -0.1) is 0 Å². The Morgan fingerprint density at radius 2 is 2.04 bits per heavy atom. The average molecular weight is 319 g/mol. The number of nitrogens with one attached hydrogen (secondary N) is 3. The number of H-pyrrole nitrogens is 1. The van der Waals surface area contributed by atoms with Crippen molar-refractivity contribution in [2.75, 3.05) is 18.9 Å². The first-order valence-corrected chi connectivity index (χ1v) is 7.86. The summed E-state index contributed by atoms with van der Waals surface area (Å²) < 4.78 is 0. The van der Waals surface area contributed by atoms with E-state index in [1.807, 2.05) is 36.4 Å². The number of hydrogen-bond donors (Lipinski definition) is 3. The number of carbonyl (C=O) groups is 1. The van der Waals surface area contributed by atoms with Crippen molar-refractivity contribution in [1.82, 2.24) is 20.3 Å². The van der Waals surface area contributed by atoms with Crippen molar-refractivity contribution >= 4 is 11.7 Å². The summed E-state index contributed by atoms with van der Waals surface area (Å²) in [5.74, 6) is 0.748. The van der Waals surface area contributed by atoms with E-state index in [0.717, 1.165) is 47.0 Å². The van der Waals surface area contributed by atoms with Gasteiger partial charge in [-0.25, -0.2) is 9.97 Å². The van der Waals surface area contributed by atoms with E-state index in [9.17, 15) is 4.79 Å². The van der Waals surface area contributed by atoms with Gasteiger partial charge in [0.2, 0.25) is 0 Å². The van der Waals surface area contributed by atoms with Crippen LogP contribution in [0.25, 0.3) is 22.6 Å². The van der Waals surface area contributed by atoms with Crippen LogP contribution in [0.3, 0.4) is 0 Å². The SMILES string of the molecule is CNC(=O)c1cc(-c2ncnc3c2CCN3)[nH]c1-c1ccccc1. The number of anilines is 1. The molecule has 24 heavy (non-hydrogen) atoms. The van der Waals surface area contributed by atoms with E-state index in [0.29, 0.717) is 5.56 Å². The minimum absolute atomic E-state index is 0.125. The molecule has 0 fully saturated rings. The lowest BCUT2D eigenvalue weighted by atomic mass is 10.1. The molecule has 3 heterocycles. The highest BCUT2D eigenvalue weighted by Crippen LogP contribution is 2.33. The Bertz CT molecular complexity index is 901. The van der Waals surface area contributed by atoms with Gasteiger partial charge in [0, 0.05) is 19.2 Å². The molecule has 2 aromatic heterocycles. The molecule has 0 spiro atoms. The number of benzene rings is 1. The second-order valence-electron chi connectivity index (χ2n) is 5.64. The van der Waals surface area contributed by atoms with Gasteiger partial charge in [-0.1, -0.05) is 30.3 Å². The molecule has 6 heteroatoms. The van der Waals surface area contributed by atoms with Crippen molar-refractivity contribution in [3.8, 4) is 22.6 Å². The third-order valence-corrected chi connectivity index (χ3v) is 4.22. The fourth-order valence-corrected chi connectivity index (χ4v) is 3.07. The Morgan fingerprint density at radius 1 is 1.21 bits per heavy atom. The van der Waals surface area contributed by atoms with Gasteiger partial charge in [0.25, 0.3) is 5.91 Å². The highest BCUT2D eigenvalue weighted by atomic mass is 16.1. The van der Waals surface area contributed by atoms with Gasteiger partial charge >= 0.3 is 0 Å². The fraction of sp³-hybridized carbons (Fsp3) is 0.167. The Hall–Kier alpha value is -3.15. The van der Waals surface area contributed by atoms with E-state index < -0.39 is 0 Å². The lowest BCUT2D eigenvalue weighted by Crippen LogP contribution is -2.17. The molecule has 0 saturated carbocycles. The number of nitrogens with zero attached hydrogens (tertiary/aromatic N) is 2. The van der Waals surface area contributed by atoms with Crippen molar-refractivity contribution in [1.29, 1.82) is 0 Å². The summed E-state index contributed by atoms with van der Waals surface area (Å²) in [6, 6.07) is 11.7. The molecule has 0 saturated heterocycles. The number of fused-ring (bicyclic) bond motifs is 1. The number of aromatic nitrogens is 3. The predicted molar refractivity (Wildman–Crippen MR) is 92.8 cm³/mol. The van der Waals surface area contributed by atoms with Crippen molar-refractivity contribution < 1.29 is 4.79 Å². The third kappa shape index (κ3) is 2.32. The Morgan fingerprint density at radius 3 is 2.83 bits per heavy atom.